The summed E-state index contributed by atoms with van der Waals surface area (Å²) in [4.78, 5) is 25.9. The Morgan fingerprint density at radius 3 is 2.75 bits per heavy atom. The van der Waals surface area contributed by atoms with Crippen molar-refractivity contribution in [2.45, 2.75) is 56.0 Å². The molecule has 1 aromatic carbocycles. The van der Waals surface area contributed by atoms with Crippen molar-refractivity contribution in [3.05, 3.63) is 29.1 Å². The Bertz CT molecular complexity index is 818. The first-order chi connectivity index (χ1) is 13.3. The van der Waals surface area contributed by atoms with Gasteiger partial charge in [-0.2, -0.15) is 0 Å². The van der Waals surface area contributed by atoms with Gasteiger partial charge in [-0.25, -0.2) is 14.0 Å². The topological polar surface area (TPSA) is 111 Å². The van der Waals surface area contributed by atoms with Crippen LogP contribution in [0.4, 0.5) is 19.7 Å². The third kappa shape index (κ3) is 3.08. The number of rotatable bonds is 3. The number of anilines is 1. The summed E-state index contributed by atoms with van der Waals surface area (Å²) < 4.78 is 20.2. The van der Waals surface area contributed by atoms with E-state index < -0.39 is 36.3 Å². The van der Waals surface area contributed by atoms with Gasteiger partial charge in [0.2, 0.25) is 0 Å². The number of amides is 2. The van der Waals surface area contributed by atoms with Gasteiger partial charge in [0.15, 0.2) is 0 Å². The molecule has 8 nitrogen and oxygen atoms in total. The van der Waals surface area contributed by atoms with Crippen LogP contribution in [0.1, 0.15) is 36.3 Å². The minimum absolute atomic E-state index is 0.0400. The fourth-order valence-corrected chi connectivity index (χ4v) is 4.54. The number of likely N-dealkylation sites (N-methyl/N-ethyl adjacent to an activating group) is 1. The second kappa shape index (κ2) is 6.89. The number of ether oxygens (including phenoxy) is 1. The molecule has 2 fully saturated rings. The van der Waals surface area contributed by atoms with Gasteiger partial charge in [-0.05, 0) is 48.8 Å². The highest BCUT2D eigenvalue weighted by molar-refractivity contribution is 5.94. The number of hydrogen-bond acceptors (Lipinski definition) is 5. The highest BCUT2D eigenvalue weighted by atomic mass is 19.1. The number of cyclic esters (lactones) is 1. The minimum Gasteiger partial charge on any atom is -0.465 e. The molecule has 4 rings (SSSR count). The van der Waals surface area contributed by atoms with E-state index in [0.29, 0.717) is 30.5 Å². The van der Waals surface area contributed by atoms with Crippen molar-refractivity contribution in [1.29, 1.82) is 0 Å². The van der Waals surface area contributed by atoms with Crippen LogP contribution in [0.15, 0.2) is 12.1 Å². The zero-order valence-electron chi connectivity index (χ0n) is 15.4. The second-order valence-corrected chi connectivity index (χ2v) is 7.87. The molecule has 2 aliphatic heterocycles. The van der Waals surface area contributed by atoms with Crippen LogP contribution in [0.25, 0.3) is 0 Å². The Kier molecular flexibility index (Phi) is 4.67. The number of carbonyl (C=O) groups is 2. The lowest BCUT2D eigenvalue weighted by Crippen LogP contribution is -2.41. The maximum atomic E-state index is 14.8. The number of aliphatic hydroxyl groups is 2. The molecule has 3 aliphatic rings. The van der Waals surface area contributed by atoms with Gasteiger partial charge >= 0.3 is 12.2 Å². The quantitative estimate of drug-likeness (QED) is 0.719. The van der Waals surface area contributed by atoms with Crippen molar-refractivity contribution in [3.63, 3.8) is 0 Å². The summed E-state index contributed by atoms with van der Waals surface area (Å²) in [5.74, 6) is -0.646. The normalized spacial score (nSPS) is 31.4. The van der Waals surface area contributed by atoms with E-state index in [-0.39, 0.29) is 24.9 Å². The molecule has 1 saturated heterocycles. The largest absolute Gasteiger partial charge is 0.465 e. The maximum absolute atomic E-state index is 14.8. The summed E-state index contributed by atoms with van der Waals surface area (Å²) in [7, 11) is 1.40. The zero-order chi connectivity index (χ0) is 20.2. The number of benzene rings is 1. The van der Waals surface area contributed by atoms with Crippen LogP contribution in [0, 0.1) is 5.82 Å². The van der Waals surface area contributed by atoms with Crippen LogP contribution in [-0.2, 0) is 11.2 Å². The molecule has 0 bridgehead atoms. The van der Waals surface area contributed by atoms with Crippen LogP contribution in [0.2, 0.25) is 0 Å². The lowest BCUT2D eigenvalue weighted by Gasteiger charge is -2.30. The lowest BCUT2D eigenvalue weighted by molar-refractivity contribution is -0.0152. The van der Waals surface area contributed by atoms with Crippen molar-refractivity contribution in [1.82, 2.24) is 4.90 Å². The molecule has 28 heavy (non-hydrogen) atoms. The Labute approximate surface area is 161 Å². The third-order valence-corrected chi connectivity index (χ3v) is 6.10. The van der Waals surface area contributed by atoms with Gasteiger partial charge in [-0.15, -0.1) is 0 Å². The fourth-order valence-electron chi connectivity index (χ4n) is 4.54. The molecule has 0 spiro atoms. The third-order valence-electron chi connectivity index (χ3n) is 6.10. The Morgan fingerprint density at radius 1 is 1.32 bits per heavy atom. The van der Waals surface area contributed by atoms with Gasteiger partial charge < -0.3 is 25.0 Å². The summed E-state index contributed by atoms with van der Waals surface area (Å²) in [6.45, 7) is 0.0400. The van der Waals surface area contributed by atoms with E-state index in [1.54, 1.807) is 6.07 Å². The predicted molar refractivity (Wildman–Crippen MR) is 95.9 cm³/mol. The smallest absolute Gasteiger partial charge is 0.415 e. The number of hydrogen-bond donors (Lipinski definition) is 3. The average molecular weight is 394 g/mol. The molecule has 2 heterocycles. The molecule has 0 aromatic heterocycles. The predicted octanol–water partition coefficient (Wildman–Crippen LogP) is 1.67. The summed E-state index contributed by atoms with van der Waals surface area (Å²) in [6.07, 6.45) is -2.27. The van der Waals surface area contributed by atoms with Gasteiger partial charge in [-0.3, -0.25) is 4.90 Å². The molecule has 3 N–H and O–H groups in total. The Morgan fingerprint density at radius 2 is 2.07 bits per heavy atom. The average Bonchev–Trinajstić information content (AvgIpc) is 3.14. The Balaban J connectivity index is 1.59. The minimum atomic E-state index is -1.11. The van der Waals surface area contributed by atoms with Crippen molar-refractivity contribution in [3.8, 4) is 0 Å². The standard InChI is InChI=1S/C19H23FN2O6/c1-21(18(25)26)8-17-14-5-10-4-11(9-2-3-15(23)16(24)6-9)12(20)7-13(10)22(14)19(27)28-17/h4,7,9,14-17,23-24H,2-3,5-6,8H2,1H3,(H,25,26)/t9?,14-,15+,16-,17-/m0/s1. The zero-order valence-corrected chi connectivity index (χ0v) is 15.4. The van der Waals surface area contributed by atoms with E-state index in [1.807, 2.05) is 0 Å². The summed E-state index contributed by atoms with van der Waals surface area (Å²) in [5, 5.41) is 28.7. The van der Waals surface area contributed by atoms with Crippen molar-refractivity contribution < 1.29 is 34.0 Å². The number of aliphatic hydroxyl groups excluding tert-OH is 2. The molecule has 1 aromatic rings. The molecule has 9 heteroatoms. The van der Waals surface area contributed by atoms with Gasteiger partial charge in [0.05, 0.1) is 30.5 Å². The van der Waals surface area contributed by atoms with Crippen molar-refractivity contribution in [2.24, 2.45) is 0 Å². The highest BCUT2D eigenvalue weighted by Crippen LogP contribution is 2.43. The first kappa shape index (κ1) is 18.9. The number of nitrogens with zero attached hydrogens (tertiary/aromatic N) is 2. The first-order valence-corrected chi connectivity index (χ1v) is 9.38. The number of fused-ring (bicyclic) bond motifs is 3. The molecular weight excluding hydrogens is 371 g/mol. The van der Waals surface area contributed by atoms with Gasteiger partial charge in [-0.1, -0.05) is 6.07 Å². The molecule has 1 unspecified atom stereocenters. The van der Waals surface area contributed by atoms with Crippen LogP contribution >= 0.6 is 0 Å². The van der Waals surface area contributed by atoms with Crippen LogP contribution in [0.5, 0.6) is 0 Å². The van der Waals surface area contributed by atoms with E-state index in [9.17, 15) is 24.2 Å². The van der Waals surface area contributed by atoms with Gasteiger partial charge in [0.1, 0.15) is 11.9 Å². The maximum Gasteiger partial charge on any atom is 0.415 e. The van der Waals surface area contributed by atoms with E-state index in [1.165, 1.54) is 18.0 Å². The molecular formula is C19H23FN2O6. The lowest BCUT2D eigenvalue weighted by atomic mass is 9.80. The highest BCUT2D eigenvalue weighted by Gasteiger charge is 2.48. The van der Waals surface area contributed by atoms with E-state index in [4.69, 9.17) is 9.84 Å². The fraction of sp³-hybridized carbons (Fsp3) is 0.579. The Hall–Kier alpha value is -2.39. The number of halogens is 1. The van der Waals surface area contributed by atoms with Crippen LogP contribution in [0.3, 0.4) is 0 Å². The second-order valence-electron chi connectivity index (χ2n) is 7.87. The summed E-state index contributed by atoms with van der Waals surface area (Å²) in [5.41, 5.74) is 1.74. The van der Waals surface area contributed by atoms with Crippen LogP contribution < -0.4 is 4.90 Å². The first-order valence-electron chi connectivity index (χ1n) is 9.38. The number of carbonyl (C=O) groups excluding carboxylic acids is 1. The van der Waals surface area contributed by atoms with E-state index in [0.717, 1.165) is 10.5 Å². The van der Waals surface area contributed by atoms with Gasteiger partial charge in [0.25, 0.3) is 0 Å². The molecule has 152 valence electrons. The monoisotopic (exact) mass is 394 g/mol. The molecule has 2 amide bonds. The molecule has 0 radical (unpaired) electrons. The molecule has 1 aliphatic carbocycles. The number of carboxylic acid groups (broad SMARTS) is 1. The van der Waals surface area contributed by atoms with Crippen molar-refractivity contribution >= 4 is 17.9 Å². The van der Waals surface area contributed by atoms with Crippen LogP contribution in [-0.4, -0.2) is 70.4 Å². The SMILES string of the molecule is CN(C[C@@H]1OC(=O)N2c3cc(F)c(C4CC[C@@H](O)[C@@H](O)C4)cc3C[C@@H]12)C(=O)O. The summed E-state index contributed by atoms with van der Waals surface area (Å²) >= 11 is 0. The van der Waals surface area contributed by atoms with Crippen molar-refractivity contribution in [2.75, 3.05) is 18.5 Å². The van der Waals surface area contributed by atoms with Gasteiger partial charge in [0, 0.05) is 7.05 Å². The van der Waals surface area contributed by atoms with E-state index >= 15 is 0 Å². The van der Waals surface area contributed by atoms with E-state index in [2.05, 4.69) is 0 Å². The molecule has 5 atom stereocenters. The molecule has 1 saturated carbocycles. The summed E-state index contributed by atoms with van der Waals surface area (Å²) in [6, 6.07) is 2.69.